The Kier molecular flexibility index (Phi) is 3.14. The van der Waals surface area contributed by atoms with Crippen molar-refractivity contribution in [3.63, 3.8) is 0 Å². The van der Waals surface area contributed by atoms with E-state index in [1.165, 1.54) is 32.4 Å². The fraction of sp³-hybridized carbons (Fsp3) is 0.700. The predicted molar refractivity (Wildman–Crippen MR) is 54.7 cm³/mol. The van der Waals surface area contributed by atoms with E-state index in [-0.39, 0.29) is 0 Å². The van der Waals surface area contributed by atoms with Gasteiger partial charge in [0.05, 0.1) is 12.2 Å². The molecule has 77 valence electrons. The summed E-state index contributed by atoms with van der Waals surface area (Å²) in [5.74, 6) is 0. The molecule has 0 unspecified atom stereocenters. The second-order valence-electron chi connectivity index (χ2n) is 3.88. The lowest BCUT2D eigenvalue weighted by Gasteiger charge is -2.25. The van der Waals surface area contributed by atoms with E-state index < -0.39 is 0 Å². The van der Waals surface area contributed by atoms with Gasteiger partial charge in [-0.3, -0.25) is 0 Å². The van der Waals surface area contributed by atoms with Crippen molar-refractivity contribution in [2.24, 2.45) is 0 Å². The first-order valence-corrected chi connectivity index (χ1v) is 5.29. The van der Waals surface area contributed by atoms with Crippen LogP contribution in [0.3, 0.4) is 0 Å². The smallest absolute Gasteiger partial charge is 0.0900 e. The molecule has 1 aliphatic rings. The predicted octanol–water partition coefficient (Wildman–Crippen LogP) is 1.08. The first kappa shape index (κ1) is 9.65. The van der Waals surface area contributed by atoms with Crippen molar-refractivity contribution in [3.05, 3.63) is 18.4 Å². The zero-order chi connectivity index (χ0) is 9.80. The van der Waals surface area contributed by atoms with Crippen LogP contribution < -0.4 is 0 Å². The molecule has 2 heterocycles. The van der Waals surface area contributed by atoms with Gasteiger partial charge in [-0.25, -0.2) is 4.68 Å². The van der Waals surface area contributed by atoms with E-state index in [4.69, 9.17) is 0 Å². The standard InChI is InChI=1S/C10H17N4/c1-10-9-14(12-11-10)8-7-13-5-3-2-4-6-13/h8-9H,2-7H2,1H3. The van der Waals surface area contributed by atoms with Crippen LogP contribution in [-0.4, -0.2) is 39.5 Å². The van der Waals surface area contributed by atoms with E-state index >= 15 is 0 Å². The summed E-state index contributed by atoms with van der Waals surface area (Å²) >= 11 is 0. The third-order valence-electron chi connectivity index (χ3n) is 2.60. The number of aromatic nitrogens is 3. The van der Waals surface area contributed by atoms with Crippen LogP contribution >= 0.6 is 0 Å². The molecule has 4 heteroatoms. The van der Waals surface area contributed by atoms with Crippen LogP contribution in [0.1, 0.15) is 25.0 Å². The summed E-state index contributed by atoms with van der Waals surface area (Å²) < 4.78 is 1.81. The monoisotopic (exact) mass is 193 g/mol. The Labute approximate surface area is 84.9 Å². The number of nitrogens with zero attached hydrogens (tertiary/aromatic N) is 4. The summed E-state index contributed by atoms with van der Waals surface area (Å²) in [4.78, 5) is 2.46. The maximum absolute atomic E-state index is 3.98. The van der Waals surface area contributed by atoms with Crippen LogP contribution in [0, 0.1) is 13.5 Å². The lowest BCUT2D eigenvalue weighted by Crippen LogP contribution is -2.31. The Morgan fingerprint density at radius 2 is 2.14 bits per heavy atom. The van der Waals surface area contributed by atoms with E-state index in [2.05, 4.69) is 21.8 Å². The highest BCUT2D eigenvalue weighted by Gasteiger charge is 2.09. The Hall–Kier alpha value is -0.900. The van der Waals surface area contributed by atoms with Crippen molar-refractivity contribution in [1.82, 2.24) is 19.9 Å². The number of aryl methyl sites for hydroxylation is 1. The van der Waals surface area contributed by atoms with E-state index in [0.717, 1.165) is 12.2 Å². The minimum absolute atomic E-state index is 0.972. The van der Waals surface area contributed by atoms with E-state index in [0.29, 0.717) is 0 Å². The van der Waals surface area contributed by atoms with Crippen molar-refractivity contribution < 1.29 is 0 Å². The molecule has 1 aromatic rings. The first-order valence-electron chi connectivity index (χ1n) is 5.29. The molecule has 1 aromatic heterocycles. The van der Waals surface area contributed by atoms with Gasteiger partial charge in [-0.2, -0.15) is 0 Å². The molecule has 1 radical (unpaired) electrons. The summed E-state index contributed by atoms with van der Waals surface area (Å²) in [6.07, 6.45) is 6.01. The molecule has 2 rings (SSSR count). The topological polar surface area (TPSA) is 34.0 Å². The van der Waals surface area contributed by atoms with Gasteiger partial charge in [0.25, 0.3) is 0 Å². The lowest BCUT2D eigenvalue weighted by atomic mass is 10.1. The fourth-order valence-electron chi connectivity index (χ4n) is 1.80. The van der Waals surface area contributed by atoms with Crippen LogP contribution in [0.15, 0.2) is 6.20 Å². The molecule has 0 saturated carbocycles. The van der Waals surface area contributed by atoms with E-state index in [1.807, 2.05) is 17.8 Å². The highest BCUT2D eigenvalue weighted by atomic mass is 15.4. The van der Waals surface area contributed by atoms with Crippen molar-refractivity contribution in [1.29, 1.82) is 0 Å². The molecule has 0 bridgehead atoms. The average molecular weight is 193 g/mol. The minimum atomic E-state index is 0.972. The molecule has 0 aromatic carbocycles. The van der Waals surface area contributed by atoms with Gasteiger partial charge in [0, 0.05) is 12.7 Å². The fourth-order valence-corrected chi connectivity index (χ4v) is 1.80. The Bertz CT molecular complexity index is 275. The number of piperidine rings is 1. The van der Waals surface area contributed by atoms with E-state index in [1.54, 1.807) is 0 Å². The summed E-state index contributed by atoms with van der Waals surface area (Å²) in [6, 6.07) is 0. The van der Waals surface area contributed by atoms with Crippen molar-refractivity contribution in [2.45, 2.75) is 26.2 Å². The molecular weight excluding hydrogens is 176 g/mol. The lowest BCUT2D eigenvalue weighted by molar-refractivity contribution is 0.240. The second kappa shape index (κ2) is 4.55. The molecule has 1 aliphatic heterocycles. The number of hydrogen-bond acceptors (Lipinski definition) is 3. The first-order chi connectivity index (χ1) is 6.84. The Balaban J connectivity index is 1.76. The molecule has 1 saturated heterocycles. The molecule has 0 N–H and O–H groups in total. The summed E-state index contributed by atoms with van der Waals surface area (Å²) in [6.45, 7) is 7.49. The number of hydrogen-bond donors (Lipinski definition) is 0. The quantitative estimate of drug-likeness (QED) is 0.720. The molecule has 14 heavy (non-hydrogen) atoms. The molecule has 1 fully saturated rings. The maximum Gasteiger partial charge on any atom is 0.0900 e. The zero-order valence-electron chi connectivity index (χ0n) is 8.69. The third-order valence-corrected chi connectivity index (χ3v) is 2.60. The normalized spacial score (nSPS) is 18.6. The molecule has 4 nitrogen and oxygen atoms in total. The SMILES string of the molecule is Cc1cn([CH]CN2CCCCC2)nn1. The van der Waals surface area contributed by atoms with Gasteiger partial charge >= 0.3 is 0 Å². The van der Waals surface area contributed by atoms with Crippen LogP contribution in [0.5, 0.6) is 0 Å². The largest absolute Gasteiger partial charge is 0.301 e. The van der Waals surface area contributed by atoms with Crippen LogP contribution in [0.2, 0.25) is 0 Å². The second-order valence-corrected chi connectivity index (χ2v) is 3.88. The maximum atomic E-state index is 3.98. The number of likely N-dealkylation sites (tertiary alicyclic amines) is 1. The summed E-state index contributed by atoms with van der Waals surface area (Å²) in [7, 11) is 0. The molecule has 0 atom stereocenters. The zero-order valence-corrected chi connectivity index (χ0v) is 8.69. The minimum Gasteiger partial charge on any atom is -0.301 e. The molecule has 0 amide bonds. The van der Waals surface area contributed by atoms with Crippen molar-refractivity contribution >= 4 is 0 Å². The van der Waals surface area contributed by atoms with Crippen LogP contribution in [0.25, 0.3) is 0 Å². The average Bonchev–Trinajstić information content (AvgIpc) is 2.63. The van der Waals surface area contributed by atoms with Crippen LogP contribution in [0.4, 0.5) is 0 Å². The number of rotatable bonds is 3. The molecule has 0 aliphatic carbocycles. The van der Waals surface area contributed by atoms with Gasteiger partial charge in [-0.05, 0) is 32.9 Å². The molecule has 0 spiro atoms. The summed E-state index contributed by atoms with van der Waals surface area (Å²) in [5.41, 5.74) is 0.972. The Morgan fingerprint density at radius 1 is 1.36 bits per heavy atom. The highest BCUT2D eigenvalue weighted by Crippen LogP contribution is 2.08. The summed E-state index contributed by atoms with van der Waals surface area (Å²) in [5, 5.41) is 7.93. The van der Waals surface area contributed by atoms with E-state index in [9.17, 15) is 0 Å². The third kappa shape index (κ3) is 2.54. The van der Waals surface area contributed by atoms with Gasteiger partial charge in [0.1, 0.15) is 0 Å². The highest BCUT2D eigenvalue weighted by molar-refractivity contribution is 4.90. The van der Waals surface area contributed by atoms with Gasteiger partial charge in [-0.15, -0.1) is 5.10 Å². The van der Waals surface area contributed by atoms with Gasteiger partial charge < -0.3 is 4.90 Å². The van der Waals surface area contributed by atoms with Crippen LogP contribution in [-0.2, 0) is 0 Å². The van der Waals surface area contributed by atoms with Gasteiger partial charge in [0.2, 0.25) is 0 Å². The van der Waals surface area contributed by atoms with Gasteiger partial charge in [-0.1, -0.05) is 11.6 Å². The van der Waals surface area contributed by atoms with Crippen molar-refractivity contribution in [2.75, 3.05) is 19.6 Å². The van der Waals surface area contributed by atoms with Crippen molar-refractivity contribution in [3.8, 4) is 0 Å². The molecular formula is C10H17N4. The van der Waals surface area contributed by atoms with Gasteiger partial charge in [0.15, 0.2) is 0 Å². The Morgan fingerprint density at radius 3 is 2.79 bits per heavy atom.